The second-order valence-corrected chi connectivity index (χ2v) is 5.06. The first-order valence-electron chi connectivity index (χ1n) is 5.99. The van der Waals surface area contributed by atoms with Gasteiger partial charge in [0.15, 0.2) is 0 Å². The molecule has 112 valence electrons. The molecule has 1 fully saturated rings. The van der Waals surface area contributed by atoms with Gasteiger partial charge in [0.25, 0.3) is 5.56 Å². The molecule has 0 amide bonds. The van der Waals surface area contributed by atoms with E-state index in [4.69, 9.17) is 10.3 Å². The van der Waals surface area contributed by atoms with Crippen LogP contribution in [0, 0.1) is 0 Å². The molecule has 0 bridgehead atoms. The highest BCUT2D eigenvalue weighted by Crippen LogP contribution is 2.35. The van der Waals surface area contributed by atoms with E-state index in [-0.39, 0.29) is 12.0 Å². The van der Waals surface area contributed by atoms with Crippen molar-refractivity contribution in [2.75, 3.05) is 0 Å². The number of nitrogens with zero attached hydrogens (tertiary/aromatic N) is 4. The number of aromatic nitrogens is 2. The maximum Gasteiger partial charge on any atom is 0.330 e. The summed E-state index contributed by atoms with van der Waals surface area (Å²) in [6, 6.07) is 0. The summed E-state index contributed by atoms with van der Waals surface area (Å²) in [5.41, 5.74) is 7.52. The normalized spacial score (nSPS) is 28.7. The molecule has 1 aliphatic rings. The third-order valence-corrected chi connectivity index (χ3v) is 3.45. The van der Waals surface area contributed by atoms with E-state index in [9.17, 15) is 14.7 Å². The number of azide groups is 1. The summed E-state index contributed by atoms with van der Waals surface area (Å²) < 4.78 is 6.45. The molecule has 0 unspecified atom stereocenters. The van der Waals surface area contributed by atoms with Crippen LogP contribution in [0.3, 0.4) is 0 Å². The van der Waals surface area contributed by atoms with Crippen molar-refractivity contribution in [1.29, 1.82) is 0 Å². The fourth-order valence-corrected chi connectivity index (χ4v) is 2.42. The zero-order valence-corrected chi connectivity index (χ0v) is 12.5. The van der Waals surface area contributed by atoms with Crippen molar-refractivity contribution in [3.63, 3.8) is 0 Å². The van der Waals surface area contributed by atoms with Gasteiger partial charge in [-0.25, -0.2) is 4.79 Å². The molecule has 0 spiro atoms. The zero-order chi connectivity index (χ0) is 15.6. The SMILES string of the molecule is C[C@H]1O[C@@](N=[N+]=[N-])(n2cc(/C=C/Br)c(=O)[nH]c2=O)C[C@@H]1O. The second-order valence-electron chi connectivity index (χ2n) is 4.53. The third kappa shape index (κ3) is 2.79. The van der Waals surface area contributed by atoms with Gasteiger partial charge in [-0.3, -0.25) is 14.3 Å². The van der Waals surface area contributed by atoms with Crippen LogP contribution in [0.5, 0.6) is 0 Å². The Kier molecular flexibility index (Phi) is 4.33. The lowest BCUT2D eigenvalue weighted by Crippen LogP contribution is -2.43. The molecule has 9 nitrogen and oxygen atoms in total. The Hall–Kier alpha value is -1.87. The molecule has 1 aromatic rings. The van der Waals surface area contributed by atoms with Gasteiger partial charge in [-0.1, -0.05) is 15.9 Å². The lowest BCUT2D eigenvalue weighted by atomic mass is 10.1. The zero-order valence-electron chi connectivity index (χ0n) is 10.9. The molecule has 10 heteroatoms. The summed E-state index contributed by atoms with van der Waals surface area (Å²) in [5.74, 6) is -1.70. The number of aromatic amines is 1. The molecule has 2 heterocycles. The number of nitrogens with one attached hydrogen (secondary N) is 1. The molecule has 2 N–H and O–H groups in total. The molecule has 0 aliphatic carbocycles. The Bertz CT molecular complexity index is 723. The fourth-order valence-electron chi connectivity index (χ4n) is 2.13. The summed E-state index contributed by atoms with van der Waals surface area (Å²) in [6.45, 7) is 1.59. The molecular weight excluding hydrogens is 346 g/mol. The average Bonchev–Trinajstić information content (AvgIpc) is 2.69. The van der Waals surface area contributed by atoms with E-state index in [1.54, 1.807) is 6.92 Å². The minimum absolute atomic E-state index is 0.0956. The van der Waals surface area contributed by atoms with Crippen molar-refractivity contribution in [3.05, 3.63) is 48.0 Å². The topological polar surface area (TPSA) is 133 Å². The molecule has 0 radical (unpaired) electrons. The Balaban J connectivity index is 2.67. The maximum atomic E-state index is 12.0. The van der Waals surface area contributed by atoms with Crippen molar-refractivity contribution >= 4 is 22.0 Å². The van der Waals surface area contributed by atoms with Crippen LogP contribution in [-0.4, -0.2) is 26.9 Å². The Morgan fingerprint density at radius 3 is 2.95 bits per heavy atom. The molecule has 3 atom stereocenters. The number of aliphatic hydroxyl groups excluding tert-OH is 1. The number of rotatable bonds is 3. The molecule has 0 saturated carbocycles. The van der Waals surface area contributed by atoms with Crippen LogP contribution >= 0.6 is 15.9 Å². The number of hydrogen-bond donors (Lipinski definition) is 2. The standard InChI is InChI=1S/C11H12BrN5O4/c1-6-8(18)4-11(21-6,15-16-13)17-5-7(2-3-12)9(19)14-10(17)20/h2-3,5-6,8,18H,4H2,1H3,(H,14,19,20)/b3-2+/t6-,8+,11+/m1/s1. The van der Waals surface area contributed by atoms with Crippen LogP contribution < -0.4 is 11.2 Å². The van der Waals surface area contributed by atoms with Crippen LogP contribution in [0.15, 0.2) is 25.9 Å². The van der Waals surface area contributed by atoms with E-state index >= 15 is 0 Å². The molecule has 1 saturated heterocycles. The van der Waals surface area contributed by atoms with Crippen LogP contribution in [-0.2, 0) is 10.6 Å². The Morgan fingerprint density at radius 2 is 2.43 bits per heavy atom. The highest BCUT2D eigenvalue weighted by atomic mass is 79.9. The predicted octanol–water partition coefficient (Wildman–Crippen LogP) is 0.992. The minimum Gasteiger partial charge on any atom is -0.390 e. The Labute approximate surface area is 126 Å². The molecule has 2 rings (SSSR count). The van der Waals surface area contributed by atoms with Gasteiger partial charge >= 0.3 is 5.69 Å². The molecule has 0 aromatic carbocycles. The molecule has 21 heavy (non-hydrogen) atoms. The number of aliphatic hydroxyl groups is 1. The first-order chi connectivity index (χ1) is 9.93. The summed E-state index contributed by atoms with van der Waals surface area (Å²) in [7, 11) is 0. The van der Waals surface area contributed by atoms with E-state index in [0.717, 1.165) is 4.57 Å². The third-order valence-electron chi connectivity index (χ3n) is 3.18. The Morgan fingerprint density at radius 1 is 1.71 bits per heavy atom. The van der Waals surface area contributed by atoms with E-state index in [0.29, 0.717) is 0 Å². The van der Waals surface area contributed by atoms with Gasteiger partial charge in [-0.05, 0) is 28.6 Å². The smallest absolute Gasteiger partial charge is 0.330 e. The summed E-state index contributed by atoms with van der Waals surface area (Å²) in [5, 5.41) is 13.3. The highest BCUT2D eigenvalue weighted by molar-refractivity contribution is 9.11. The monoisotopic (exact) mass is 357 g/mol. The highest BCUT2D eigenvalue weighted by Gasteiger charge is 2.46. The lowest BCUT2D eigenvalue weighted by molar-refractivity contribution is -0.0951. The summed E-state index contributed by atoms with van der Waals surface area (Å²) in [4.78, 5) is 29.9. The molecular formula is C11H12BrN5O4. The van der Waals surface area contributed by atoms with Gasteiger partial charge in [-0.2, -0.15) is 0 Å². The first-order valence-corrected chi connectivity index (χ1v) is 6.90. The van der Waals surface area contributed by atoms with Crippen LogP contribution in [0.4, 0.5) is 0 Å². The van der Waals surface area contributed by atoms with Gasteiger partial charge in [0.1, 0.15) is 0 Å². The fraction of sp³-hybridized carbons (Fsp3) is 0.455. The quantitative estimate of drug-likeness (QED) is 0.473. The molecule has 1 aromatic heterocycles. The van der Waals surface area contributed by atoms with Gasteiger partial charge in [0.05, 0.1) is 17.8 Å². The lowest BCUT2D eigenvalue weighted by Gasteiger charge is -2.25. The van der Waals surface area contributed by atoms with Crippen LogP contribution in [0.2, 0.25) is 0 Å². The molecule has 1 aliphatic heterocycles. The van der Waals surface area contributed by atoms with Gasteiger partial charge < -0.3 is 9.84 Å². The van der Waals surface area contributed by atoms with Gasteiger partial charge in [0, 0.05) is 17.5 Å². The minimum atomic E-state index is -1.70. The van der Waals surface area contributed by atoms with Crippen molar-refractivity contribution < 1.29 is 9.84 Å². The van der Waals surface area contributed by atoms with Gasteiger partial charge in [0.2, 0.25) is 5.85 Å². The van der Waals surface area contributed by atoms with Crippen molar-refractivity contribution in [3.8, 4) is 0 Å². The second kappa shape index (κ2) is 5.86. The van der Waals surface area contributed by atoms with Crippen molar-refractivity contribution in [2.45, 2.75) is 31.4 Å². The largest absolute Gasteiger partial charge is 0.390 e. The summed E-state index contributed by atoms with van der Waals surface area (Å²) >= 11 is 3.04. The van der Waals surface area contributed by atoms with E-state index in [1.165, 1.54) is 17.3 Å². The van der Waals surface area contributed by atoms with Crippen LogP contribution in [0.25, 0.3) is 16.5 Å². The van der Waals surface area contributed by atoms with E-state index in [1.807, 2.05) is 0 Å². The van der Waals surface area contributed by atoms with Crippen molar-refractivity contribution in [2.24, 2.45) is 5.11 Å². The number of H-pyrrole nitrogens is 1. The van der Waals surface area contributed by atoms with E-state index < -0.39 is 29.3 Å². The number of halogens is 1. The predicted molar refractivity (Wildman–Crippen MR) is 77.6 cm³/mol. The number of ether oxygens (including phenoxy) is 1. The first kappa shape index (κ1) is 15.5. The average molecular weight is 358 g/mol. The summed E-state index contributed by atoms with van der Waals surface area (Å²) in [6.07, 6.45) is 1.03. The van der Waals surface area contributed by atoms with Crippen molar-refractivity contribution in [1.82, 2.24) is 9.55 Å². The maximum absolute atomic E-state index is 12.0. The van der Waals surface area contributed by atoms with E-state index in [2.05, 4.69) is 30.9 Å². The number of hydrogen-bond acceptors (Lipinski definition) is 5. The van der Waals surface area contributed by atoms with Gasteiger partial charge in [-0.15, -0.1) is 0 Å². The van der Waals surface area contributed by atoms with Crippen LogP contribution in [0.1, 0.15) is 18.9 Å².